The molecule has 1 aromatic rings. The third-order valence-corrected chi connectivity index (χ3v) is 4.27. The van der Waals surface area contributed by atoms with Crippen molar-refractivity contribution in [1.82, 2.24) is 15.1 Å². The number of aromatic nitrogens is 2. The zero-order valence-electron chi connectivity index (χ0n) is 13.0. The number of aromatic amines is 1. The predicted octanol–water partition coefficient (Wildman–Crippen LogP) is 2.54. The van der Waals surface area contributed by atoms with E-state index in [0.29, 0.717) is 6.54 Å². The van der Waals surface area contributed by atoms with Crippen LogP contribution in [0.15, 0.2) is 36.6 Å². The highest BCUT2D eigenvalue weighted by Gasteiger charge is 2.27. The number of anilines is 1. The summed E-state index contributed by atoms with van der Waals surface area (Å²) < 4.78 is 0. The summed E-state index contributed by atoms with van der Waals surface area (Å²) in [6, 6.07) is 0. The maximum Gasteiger partial charge on any atom is 0.219 e. The quantitative estimate of drug-likeness (QED) is 0.873. The first-order chi connectivity index (χ1) is 10.7. The Bertz CT molecular complexity index is 641. The van der Waals surface area contributed by atoms with Gasteiger partial charge in [-0.2, -0.15) is 5.10 Å². The van der Waals surface area contributed by atoms with Crippen LogP contribution in [-0.2, 0) is 17.8 Å². The van der Waals surface area contributed by atoms with Crippen molar-refractivity contribution in [2.24, 2.45) is 0 Å². The Kier molecular flexibility index (Phi) is 4.13. The summed E-state index contributed by atoms with van der Waals surface area (Å²) in [6.45, 7) is 7.72. The molecule has 3 heterocycles. The normalized spacial score (nSPS) is 18.3. The summed E-state index contributed by atoms with van der Waals surface area (Å²) in [6.07, 6.45) is 11.1. The van der Waals surface area contributed by atoms with E-state index in [1.807, 2.05) is 11.0 Å². The minimum absolute atomic E-state index is 0.124. The van der Waals surface area contributed by atoms with Gasteiger partial charge < -0.3 is 9.80 Å². The summed E-state index contributed by atoms with van der Waals surface area (Å²) in [5.74, 6) is 1.08. The highest BCUT2D eigenvalue weighted by atomic mass is 16.2. The molecule has 22 heavy (non-hydrogen) atoms. The van der Waals surface area contributed by atoms with Gasteiger partial charge in [0.1, 0.15) is 0 Å². The van der Waals surface area contributed by atoms with Crippen molar-refractivity contribution in [1.29, 1.82) is 0 Å². The lowest BCUT2D eigenvalue weighted by Crippen LogP contribution is -2.35. The lowest BCUT2D eigenvalue weighted by atomic mass is 10.1. The first-order valence-corrected chi connectivity index (χ1v) is 7.79. The number of rotatable bonds is 3. The van der Waals surface area contributed by atoms with Crippen LogP contribution in [0.3, 0.4) is 0 Å². The van der Waals surface area contributed by atoms with Crippen LogP contribution in [0.2, 0.25) is 0 Å². The number of fused-ring (bicyclic) bond motifs is 1. The Labute approximate surface area is 131 Å². The van der Waals surface area contributed by atoms with Crippen LogP contribution in [-0.4, -0.2) is 34.1 Å². The third-order valence-electron chi connectivity index (χ3n) is 4.27. The van der Waals surface area contributed by atoms with Crippen molar-refractivity contribution in [2.75, 3.05) is 18.0 Å². The molecule has 0 fully saturated rings. The number of carbonyl (C=O) groups is 1. The average Bonchev–Trinajstić information content (AvgIpc) is 2.96. The molecule has 1 aromatic heterocycles. The molecular formula is C17H22N4O. The molecule has 0 atom stereocenters. The van der Waals surface area contributed by atoms with E-state index in [-0.39, 0.29) is 5.91 Å². The van der Waals surface area contributed by atoms with Crippen molar-refractivity contribution in [3.8, 4) is 0 Å². The zero-order chi connectivity index (χ0) is 15.5. The molecule has 0 radical (unpaired) electrons. The maximum atomic E-state index is 11.7. The molecule has 0 saturated heterocycles. The first-order valence-electron chi connectivity index (χ1n) is 7.79. The molecule has 0 aromatic carbocycles. The molecule has 5 nitrogen and oxygen atoms in total. The van der Waals surface area contributed by atoms with E-state index in [4.69, 9.17) is 0 Å². The van der Waals surface area contributed by atoms with E-state index in [9.17, 15) is 4.79 Å². The molecule has 0 unspecified atom stereocenters. The van der Waals surface area contributed by atoms with Crippen LogP contribution in [0.4, 0.5) is 5.82 Å². The first kappa shape index (κ1) is 14.6. The Morgan fingerprint density at radius 1 is 1.45 bits per heavy atom. The Morgan fingerprint density at radius 2 is 2.32 bits per heavy atom. The molecule has 2 aliphatic heterocycles. The second kappa shape index (κ2) is 6.22. The number of hydrogen-bond donors (Lipinski definition) is 1. The molecule has 2 aliphatic rings. The van der Waals surface area contributed by atoms with Crippen molar-refractivity contribution in [2.45, 2.75) is 32.7 Å². The van der Waals surface area contributed by atoms with Crippen LogP contribution < -0.4 is 4.90 Å². The molecule has 0 aliphatic carbocycles. The van der Waals surface area contributed by atoms with Gasteiger partial charge in [-0.05, 0) is 18.9 Å². The van der Waals surface area contributed by atoms with Gasteiger partial charge in [-0.3, -0.25) is 9.89 Å². The second-order valence-electron chi connectivity index (χ2n) is 5.71. The SMILES string of the molecule is C=C/C=C\C1=CCCCN1c1n[nH]c2c1CN(C(C)=O)CC2. The molecular weight excluding hydrogens is 276 g/mol. The molecule has 1 amide bonds. The molecule has 0 saturated carbocycles. The molecule has 116 valence electrons. The van der Waals surface area contributed by atoms with Crippen molar-refractivity contribution in [3.05, 3.63) is 47.8 Å². The standard InChI is InChI=1S/C17H22N4O/c1-3-4-7-14-8-5-6-10-21(14)17-15-12-20(13(2)22)11-9-16(15)18-19-17/h3-4,7-8H,1,5-6,9-12H2,2H3,(H,18,19)/b7-4-. The monoisotopic (exact) mass is 298 g/mol. The minimum atomic E-state index is 0.124. The zero-order valence-corrected chi connectivity index (χ0v) is 13.0. The van der Waals surface area contributed by atoms with Crippen molar-refractivity contribution >= 4 is 11.7 Å². The maximum absolute atomic E-state index is 11.7. The summed E-state index contributed by atoms with van der Waals surface area (Å²) in [5, 5.41) is 7.69. The fourth-order valence-corrected chi connectivity index (χ4v) is 3.06. The third kappa shape index (κ3) is 2.71. The van der Waals surface area contributed by atoms with Gasteiger partial charge in [0.25, 0.3) is 0 Å². The number of hydrogen-bond acceptors (Lipinski definition) is 3. The van der Waals surface area contributed by atoms with E-state index in [1.165, 1.54) is 0 Å². The van der Waals surface area contributed by atoms with Crippen LogP contribution in [0.25, 0.3) is 0 Å². The van der Waals surface area contributed by atoms with Crippen LogP contribution >= 0.6 is 0 Å². The summed E-state index contributed by atoms with van der Waals surface area (Å²) in [7, 11) is 0. The molecule has 0 spiro atoms. The number of nitrogens with one attached hydrogen (secondary N) is 1. The van der Waals surface area contributed by atoms with Gasteiger partial charge in [-0.25, -0.2) is 0 Å². The summed E-state index contributed by atoms with van der Waals surface area (Å²) in [4.78, 5) is 15.8. The highest BCUT2D eigenvalue weighted by molar-refractivity contribution is 5.74. The average molecular weight is 298 g/mol. The number of carbonyl (C=O) groups excluding carboxylic acids is 1. The van der Waals surface area contributed by atoms with E-state index in [2.05, 4.69) is 33.8 Å². The molecule has 0 bridgehead atoms. The smallest absolute Gasteiger partial charge is 0.219 e. The molecule has 3 rings (SSSR count). The van der Waals surface area contributed by atoms with E-state index >= 15 is 0 Å². The van der Waals surface area contributed by atoms with Crippen molar-refractivity contribution < 1.29 is 4.79 Å². The highest BCUT2D eigenvalue weighted by Crippen LogP contribution is 2.31. The van der Waals surface area contributed by atoms with E-state index in [0.717, 1.165) is 55.1 Å². The Morgan fingerprint density at radius 3 is 3.09 bits per heavy atom. The van der Waals surface area contributed by atoms with Gasteiger partial charge >= 0.3 is 0 Å². The predicted molar refractivity (Wildman–Crippen MR) is 87.4 cm³/mol. The van der Waals surface area contributed by atoms with Gasteiger partial charge in [0, 0.05) is 43.4 Å². The van der Waals surface area contributed by atoms with Gasteiger partial charge in [-0.15, -0.1) is 0 Å². The largest absolute Gasteiger partial charge is 0.338 e. The fourth-order valence-electron chi connectivity index (χ4n) is 3.06. The number of H-pyrrole nitrogens is 1. The lowest BCUT2D eigenvalue weighted by molar-refractivity contribution is -0.129. The second-order valence-corrected chi connectivity index (χ2v) is 5.71. The number of amides is 1. The fraction of sp³-hybridized carbons (Fsp3) is 0.412. The summed E-state index contributed by atoms with van der Waals surface area (Å²) in [5.41, 5.74) is 3.46. The van der Waals surface area contributed by atoms with Gasteiger partial charge in [0.2, 0.25) is 5.91 Å². The number of allylic oxidation sites excluding steroid dienone is 4. The van der Waals surface area contributed by atoms with Gasteiger partial charge in [0.05, 0.1) is 6.54 Å². The van der Waals surface area contributed by atoms with E-state index in [1.54, 1.807) is 13.0 Å². The van der Waals surface area contributed by atoms with Crippen LogP contribution in [0.5, 0.6) is 0 Å². The lowest BCUT2D eigenvalue weighted by Gasteiger charge is -2.31. The van der Waals surface area contributed by atoms with E-state index < -0.39 is 0 Å². The summed E-state index contributed by atoms with van der Waals surface area (Å²) >= 11 is 0. The van der Waals surface area contributed by atoms with Crippen LogP contribution in [0, 0.1) is 0 Å². The Hall–Kier alpha value is -2.30. The minimum Gasteiger partial charge on any atom is -0.338 e. The molecule has 5 heteroatoms. The number of nitrogens with zero attached hydrogens (tertiary/aromatic N) is 3. The topological polar surface area (TPSA) is 52.2 Å². The van der Waals surface area contributed by atoms with Crippen LogP contribution in [0.1, 0.15) is 31.0 Å². The van der Waals surface area contributed by atoms with Gasteiger partial charge in [0.15, 0.2) is 5.82 Å². The van der Waals surface area contributed by atoms with Gasteiger partial charge in [-0.1, -0.05) is 24.8 Å². The van der Waals surface area contributed by atoms with Crippen molar-refractivity contribution in [3.63, 3.8) is 0 Å². The molecule has 1 N–H and O–H groups in total. The Balaban J connectivity index is 1.92.